The highest BCUT2D eigenvalue weighted by Crippen LogP contribution is 2.36. The van der Waals surface area contributed by atoms with Crippen molar-refractivity contribution in [3.05, 3.63) is 102 Å². The number of fused-ring (bicyclic) bond motifs is 1. The molecule has 1 aliphatic heterocycles. The maximum Gasteiger partial charge on any atom is 0.268 e. The molecule has 0 spiro atoms. The number of benzene rings is 3. The minimum Gasteiger partial charge on any atom is -0.348 e. The predicted molar refractivity (Wildman–Crippen MR) is 138 cm³/mol. The molecule has 0 radical (unpaired) electrons. The third-order valence-corrected chi connectivity index (χ3v) is 8.57. The number of amides is 1. The Balaban J connectivity index is 1.40. The van der Waals surface area contributed by atoms with Crippen LogP contribution in [0.4, 0.5) is 4.39 Å². The van der Waals surface area contributed by atoms with Crippen LogP contribution >= 0.6 is 0 Å². The van der Waals surface area contributed by atoms with E-state index < -0.39 is 10.0 Å². The number of para-hydroxylation sites is 1. The summed E-state index contributed by atoms with van der Waals surface area (Å²) in [6.45, 7) is 1.23. The number of hydrogen-bond donors (Lipinski definition) is 1. The van der Waals surface area contributed by atoms with E-state index in [0.717, 1.165) is 42.3 Å². The Morgan fingerprint density at radius 1 is 1.00 bits per heavy atom. The fourth-order valence-corrected chi connectivity index (χ4v) is 6.26. The summed E-state index contributed by atoms with van der Waals surface area (Å²) in [5, 5.41) is 3.71. The van der Waals surface area contributed by atoms with Gasteiger partial charge >= 0.3 is 0 Å². The highest BCUT2D eigenvalue weighted by molar-refractivity contribution is 7.90. The summed E-state index contributed by atoms with van der Waals surface area (Å²) in [5.41, 5.74) is 2.78. The number of nitrogens with one attached hydrogen (secondary N) is 1. The zero-order chi connectivity index (χ0) is 25.3. The van der Waals surface area contributed by atoms with Crippen molar-refractivity contribution in [1.82, 2.24) is 14.2 Å². The minimum absolute atomic E-state index is 0.113. The van der Waals surface area contributed by atoms with Gasteiger partial charge in [-0.2, -0.15) is 0 Å². The lowest BCUT2D eigenvalue weighted by Crippen LogP contribution is -2.29. The van der Waals surface area contributed by atoms with E-state index >= 15 is 0 Å². The molecule has 1 unspecified atom stereocenters. The average Bonchev–Trinajstić information content (AvgIpc) is 3.29. The van der Waals surface area contributed by atoms with Crippen LogP contribution in [0.5, 0.6) is 0 Å². The van der Waals surface area contributed by atoms with E-state index in [1.54, 1.807) is 18.3 Å². The van der Waals surface area contributed by atoms with Crippen LogP contribution in [0.1, 0.15) is 46.8 Å². The van der Waals surface area contributed by atoms with E-state index in [1.165, 1.54) is 40.4 Å². The molecule has 1 aliphatic rings. The van der Waals surface area contributed by atoms with E-state index in [2.05, 4.69) is 17.3 Å². The number of hydrogen-bond acceptors (Lipinski definition) is 4. The van der Waals surface area contributed by atoms with Gasteiger partial charge in [0.15, 0.2) is 0 Å². The molecule has 0 saturated carbocycles. The Bertz CT molecular complexity index is 1500. The zero-order valence-corrected chi connectivity index (χ0v) is 20.8. The first kappa shape index (κ1) is 24.2. The summed E-state index contributed by atoms with van der Waals surface area (Å²) in [7, 11) is -1.78. The molecule has 5 rings (SSSR count). The van der Waals surface area contributed by atoms with Crippen molar-refractivity contribution >= 4 is 26.8 Å². The first-order valence-electron chi connectivity index (χ1n) is 12.0. The van der Waals surface area contributed by atoms with Crippen molar-refractivity contribution in [3.63, 3.8) is 0 Å². The Hall–Kier alpha value is -3.49. The first-order valence-corrected chi connectivity index (χ1v) is 13.5. The quantitative estimate of drug-likeness (QED) is 0.396. The Morgan fingerprint density at radius 3 is 2.44 bits per heavy atom. The van der Waals surface area contributed by atoms with Gasteiger partial charge in [0.1, 0.15) is 5.82 Å². The molecule has 1 fully saturated rings. The van der Waals surface area contributed by atoms with Gasteiger partial charge in [-0.1, -0.05) is 36.8 Å². The second-order valence-corrected chi connectivity index (χ2v) is 11.0. The van der Waals surface area contributed by atoms with Gasteiger partial charge in [0, 0.05) is 29.7 Å². The molecular formula is C28H28FN3O3S. The summed E-state index contributed by atoms with van der Waals surface area (Å²) < 4.78 is 41.8. The van der Waals surface area contributed by atoms with E-state index in [0.29, 0.717) is 11.1 Å². The van der Waals surface area contributed by atoms with E-state index in [1.807, 2.05) is 24.3 Å². The number of carbonyl (C=O) groups is 1. The number of aromatic nitrogens is 1. The molecular weight excluding hydrogens is 477 g/mol. The monoisotopic (exact) mass is 505 g/mol. The molecule has 1 amide bonds. The first-order chi connectivity index (χ1) is 17.3. The van der Waals surface area contributed by atoms with Crippen molar-refractivity contribution < 1.29 is 17.6 Å². The third kappa shape index (κ3) is 4.66. The summed E-state index contributed by atoms with van der Waals surface area (Å²) in [4.78, 5) is 15.0. The molecule has 36 heavy (non-hydrogen) atoms. The second kappa shape index (κ2) is 9.87. The maximum atomic E-state index is 13.7. The number of likely N-dealkylation sites (tertiary alicyclic amines) is 1. The normalized spacial score (nSPS) is 16.8. The van der Waals surface area contributed by atoms with Crippen LogP contribution in [0, 0.1) is 5.82 Å². The number of nitrogens with zero attached hydrogens (tertiary/aromatic N) is 2. The molecule has 1 N–H and O–H groups in total. The molecule has 1 saturated heterocycles. The number of rotatable bonds is 6. The Labute approximate surface area is 210 Å². The van der Waals surface area contributed by atoms with Gasteiger partial charge in [-0.25, -0.2) is 16.8 Å². The largest absolute Gasteiger partial charge is 0.348 e. The van der Waals surface area contributed by atoms with Crippen LogP contribution in [-0.2, 0) is 16.6 Å². The molecule has 0 aliphatic carbocycles. The lowest BCUT2D eigenvalue weighted by molar-refractivity contribution is 0.0951. The van der Waals surface area contributed by atoms with E-state index in [-0.39, 0.29) is 29.2 Å². The van der Waals surface area contributed by atoms with Crippen LogP contribution in [0.25, 0.3) is 10.9 Å². The van der Waals surface area contributed by atoms with Crippen molar-refractivity contribution in [2.75, 3.05) is 13.6 Å². The van der Waals surface area contributed by atoms with Gasteiger partial charge in [0.05, 0.1) is 10.4 Å². The molecule has 1 atom stereocenters. The van der Waals surface area contributed by atoms with Crippen molar-refractivity contribution in [3.8, 4) is 0 Å². The fourth-order valence-electron chi connectivity index (χ4n) is 4.89. The second-order valence-electron chi connectivity index (χ2n) is 9.23. The molecule has 0 bridgehead atoms. The van der Waals surface area contributed by atoms with E-state index in [9.17, 15) is 17.6 Å². The number of piperidine rings is 1. The van der Waals surface area contributed by atoms with Crippen LogP contribution in [0.2, 0.25) is 0 Å². The summed E-state index contributed by atoms with van der Waals surface area (Å²) >= 11 is 0. The maximum absolute atomic E-state index is 13.7. The highest BCUT2D eigenvalue weighted by atomic mass is 32.2. The van der Waals surface area contributed by atoms with Crippen LogP contribution in [0.3, 0.4) is 0 Å². The van der Waals surface area contributed by atoms with Gasteiger partial charge in [0.25, 0.3) is 15.9 Å². The highest BCUT2D eigenvalue weighted by Gasteiger charge is 2.28. The standard InChI is InChI=1S/C28H28FN3O3S/c1-31-17-5-4-7-26(31)25-19-32(27-8-3-2-6-24(25)27)36(34,35)23-15-11-21(12-16-23)28(33)30-18-20-9-13-22(29)14-10-20/h2-3,6,8-16,19,26H,4-5,7,17-18H2,1H3,(H,30,33). The third-order valence-electron chi connectivity index (χ3n) is 6.88. The van der Waals surface area contributed by atoms with Gasteiger partial charge in [0.2, 0.25) is 0 Å². The molecule has 4 aromatic rings. The van der Waals surface area contributed by atoms with Gasteiger partial charge in [-0.05, 0) is 80.0 Å². The number of halogens is 1. The topological polar surface area (TPSA) is 71.4 Å². The van der Waals surface area contributed by atoms with E-state index in [4.69, 9.17) is 0 Å². The van der Waals surface area contributed by atoms with Crippen LogP contribution < -0.4 is 5.32 Å². The predicted octanol–water partition coefficient (Wildman–Crippen LogP) is 5.10. The van der Waals surface area contributed by atoms with Crippen molar-refractivity contribution in [2.45, 2.75) is 36.7 Å². The SMILES string of the molecule is CN1CCCCC1c1cn(S(=O)(=O)c2ccc(C(=O)NCc3ccc(F)cc3)cc2)c2ccccc12. The van der Waals surface area contributed by atoms with Crippen molar-refractivity contribution in [2.24, 2.45) is 0 Å². The minimum atomic E-state index is -3.87. The summed E-state index contributed by atoms with van der Waals surface area (Å²) in [6.07, 6.45) is 5.02. The molecule has 2 heterocycles. The zero-order valence-electron chi connectivity index (χ0n) is 20.0. The Morgan fingerprint density at radius 2 is 1.72 bits per heavy atom. The smallest absolute Gasteiger partial charge is 0.268 e. The molecule has 1 aromatic heterocycles. The van der Waals surface area contributed by atoms with Crippen LogP contribution in [0.15, 0.2) is 83.9 Å². The van der Waals surface area contributed by atoms with Gasteiger partial charge in [-0.3, -0.25) is 9.69 Å². The van der Waals surface area contributed by atoms with Gasteiger partial charge in [-0.15, -0.1) is 0 Å². The lowest BCUT2D eigenvalue weighted by atomic mass is 9.95. The summed E-state index contributed by atoms with van der Waals surface area (Å²) in [6, 6.07) is 19.6. The fraction of sp³-hybridized carbons (Fsp3) is 0.250. The lowest BCUT2D eigenvalue weighted by Gasteiger charge is -2.32. The molecule has 186 valence electrons. The summed E-state index contributed by atoms with van der Waals surface area (Å²) in [5.74, 6) is -0.674. The molecule has 6 nitrogen and oxygen atoms in total. The molecule has 8 heteroatoms. The average molecular weight is 506 g/mol. The Kier molecular flexibility index (Phi) is 6.64. The van der Waals surface area contributed by atoms with Crippen LogP contribution in [-0.4, -0.2) is 36.8 Å². The molecule has 3 aromatic carbocycles. The number of carbonyl (C=O) groups excluding carboxylic acids is 1. The van der Waals surface area contributed by atoms with Crippen molar-refractivity contribution in [1.29, 1.82) is 0 Å². The van der Waals surface area contributed by atoms with Gasteiger partial charge < -0.3 is 5.32 Å².